The Hall–Kier alpha value is -1.18. The Morgan fingerprint density at radius 2 is 2.00 bits per heavy atom. The quantitative estimate of drug-likeness (QED) is 0.784. The van der Waals surface area contributed by atoms with Crippen LogP contribution in [0.3, 0.4) is 0 Å². The normalized spacial score (nSPS) is 17.5. The second kappa shape index (κ2) is 6.31. The van der Waals surface area contributed by atoms with E-state index in [0.717, 1.165) is 13.1 Å². The van der Waals surface area contributed by atoms with Gasteiger partial charge in [-0.15, -0.1) is 0 Å². The van der Waals surface area contributed by atoms with Crippen molar-refractivity contribution < 1.29 is 17.6 Å². The molecule has 0 radical (unpaired) electrons. The Morgan fingerprint density at radius 3 is 2.63 bits per heavy atom. The Balaban J connectivity index is 1.85. The number of carbonyl (C=O) groups is 1. The fourth-order valence-electron chi connectivity index (χ4n) is 2.13. The number of nitrogens with zero attached hydrogens (tertiary/aromatic N) is 1. The Morgan fingerprint density at radius 1 is 1.26 bits per heavy atom. The molecule has 0 aromatic carbocycles. The lowest BCUT2D eigenvalue weighted by Crippen LogP contribution is -2.37. The molecule has 1 aromatic heterocycles. The maximum atomic E-state index is 11.9. The van der Waals surface area contributed by atoms with Crippen molar-refractivity contribution in [3.05, 3.63) is 17.9 Å². The highest BCUT2D eigenvalue weighted by Gasteiger charge is 2.19. The molecule has 1 aliphatic heterocycles. The summed E-state index contributed by atoms with van der Waals surface area (Å²) in [6.07, 6.45) is 4.08. The molecule has 2 rings (SSSR count). The molecule has 1 fully saturated rings. The van der Waals surface area contributed by atoms with Crippen molar-refractivity contribution in [3.63, 3.8) is 0 Å². The third-order valence-electron chi connectivity index (χ3n) is 3.15. The molecule has 6 nitrogen and oxygen atoms in total. The summed E-state index contributed by atoms with van der Waals surface area (Å²) in [4.78, 5) is 12.7. The van der Waals surface area contributed by atoms with Gasteiger partial charge >= 0.3 is 0 Å². The highest BCUT2D eigenvalue weighted by molar-refractivity contribution is 7.89. The molecule has 19 heavy (non-hydrogen) atoms. The molecule has 0 unspecified atom stereocenters. The predicted molar refractivity (Wildman–Crippen MR) is 69.6 cm³/mol. The van der Waals surface area contributed by atoms with Gasteiger partial charge in [0.2, 0.25) is 5.09 Å². The van der Waals surface area contributed by atoms with E-state index in [0.29, 0.717) is 19.4 Å². The van der Waals surface area contributed by atoms with Gasteiger partial charge in [-0.25, -0.2) is 13.1 Å². The number of hydrogen-bond donors (Lipinski definition) is 1. The van der Waals surface area contributed by atoms with Gasteiger partial charge in [0, 0.05) is 13.1 Å². The molecular formula is C12H18N2O4S. The molecule has 0 spiro atoms. The molecule has 2 heterocycles. The number of hydrogen-bond acceptors (Lipinski definition) is 5. The minimum Gasteiger partial charge on any atom is -0.440 e. The molecule has 0 aliphatic carbocycles. The highest BCUT2D eigenvalue weighted by Crippen LogP contribution is 2.12. The summed E-state index contributed by atoms with van der Waals surface area (Å²) >= 11 is 0. The molecule has 1 aromatic rings. The third kappa shape index (κ3) is 3.89. The number of aldehydes is 1. The summed E-state index contributed by atoms with van der Waals surface area (Å²) in [7, 11) is -3.65. The fraction of sp³-hybridized carbons (Fsp3) is 0.583. The number of furan rings is 1. The smallest absolute Gasteiger partial charge is 0.274 e. The summed E-state index contributed by atoms with van der Waals surface area (Å²) in [6.45, 7) is 3.09. The van der Waals surface area contributed by atoms with Crippen molar-refractivity contribution >= 4 is 16.3 Å². The number of piperidine rings is 1. The summed E-state index contributed by atoms with van der Waals surface area (Å²) in [5.74, 6) is 0.0106. The van der Waals surface area contributed by atoms with E-state index in [1.807, 2.05) is 0 Å². The van der Waals surface area contributed by atoms with Crippen molar-refractivity contribution in [1.29, 1.82) is 0 Å². The number of rotatable bonds is 6. The average Bonchev–Trinajstić information content (AvgIpc) is 2.89. The molecule has 1 saturated heterocycles. The summed E-state index contributed by atoms with van der Waals surface area (Å²) in [5.41, 5.74) is 0. The van der Waals surface area contributed by atoms with Gasteiger partial charge < -0.3 is 9.32 Å². The lowest BCUT2D eigenvalue weighted by atomic mass is 10.1. The van der Waals surface area contributed by atoms with Gasteiger partial charge in [0.15, 0.2) is 12.0 Å². The molecule has 1 N–H and O–H groups in total. The standard InChI is InChI=1S/C12H18N2O4S/c15-10-11-4-5-12(18-11)19(16,17)13-6-9-14-7-2-1-3-8-14/h4-5,10,13H,1-3,6-9H2. The summed E-state index contributed by atoms with van der Waals surface area (Å²) in [5, 5.41) is -0.215. The first kappa shape index (κ1) is 14.2. The first-order valence-electron chi connectivity index (χ1n) is 6.39. The largest absolute Gasteiger partial charge is 0.440 e. The van der Waals surface area contributed by atoms with Crippen LogP contribution < -0.4 is 4.72 Å². The second-order valence-electron chi connectivity index (χ2n) is 4.57. The van der Waals surface area contributed by atoms with Gasteiger partial charge in [-0.1, -0.05) is 6.42 Å². The lowest BCUT2D eigenvalue weighted by Gasteiger charge is -2.26. The zero-order valence-electron chi connectivity index (χ0n) is 10.7. The minimum atomic E-state index is -3.65. The Bertz CT molecular complexity index is 518. The van der Waals surface area contributed by atoms with E-state index in [4.69, 9.17) is 4.42 Å². The first-order chi connectivity index (χ1) is 9.12. The van der Waals surface area contributed by atoms with Crippen LogP contribution in [0, 0.1) is 0 Å². The molecule has 7 heteroatoms. The Labute approximate surface area is 112 Å². The van der Waals surface area contributed by atoms with Crippen molar-refractivity contribution in [3.8, 4) is 0 Å². The van der Waals surface area contributed by atoms with E-state index in [2.05, 4.69) is 9.62 Å². The molecule has 0 saturated carbocycles. The number of likely N-dealkylation sites (tertiary alicyclic amines) is 1. The summed E-state index contributed by atoms with van der Waals surface area (Å²) in [6, 6.07) is 2.62. The van der Waals surface area contributed by atoms with E-state index in [-0.39, 0.29) is 10.9 Å². The zero-order chi connectivity index (χ0) is 13.7. The van der Waals surface area contributed by atoms with Gasteiger partial charge in [-0.05, 0) is 38.1 Å². The van der Waals surface area contributed by atoms with Crippen molar-refractivity contribution in [2.75, 3.05) is 26.2 Å². The van der Waals surface area contributed by atoms with E-state index >= 15 is 0 Å². The van der Waals surface area contributed by atoms with Crippen LogP contribution in [-0.2, 0) is 10.0 Å². The fourth-order valence-corrected chi connectivity index (χ4v) is 3.09. The van der Waals surface area contributed by atoms with Crippen LogP contribution in [-0.4, -0.2) is 45.8 Å². The maximum absolute atomic E-state index is 11.9. The van der Waals surface area contributed by atoms with E-state index in [9.17, 15) is 13.2 Å². The van der Waals surface area contributed by atoms with Gasteiger partial charge in [0.05, 0.1) is 0 Å². The predicted octanol–water partition coefficient (Wildman–Crippen LogP) is 0.856. The number of nitrogens with one attached hydrogen (secondary N) is 1. The molecular weight excluding hydrogens is 268 g/mol. The Kier molecular flexibility index (Phi) is 4.73. The van der Waals surface area contributed by atoms with Gasteiger partial charge in [-0.2, -0.15) is 0 Å². The van der Waals surface area contributed by atoms with Crippen LogP contribution in [0.5, 0.6) is 0 Å². The minimum absolute atomic E-state index is 0.0106. The maximum Gasteiger partial charge on any atom is 0.274 e. The van der Waals surface area contributed by atoms with E-state index < -0.39 is 10.0 Å². The lowest BCUT2D eigenvalue weighted by molar-refractivity contribution is 0.109. The monoisotopic (exact) mass is 286 g/mol. The van der Waals surface area contributed by atoms with E-state index in [1.165, 1.54) is 31.4 Å². The van der Waals surface area contributed by atoms with Crippen LogP contribution in [0.4, 0.5) is 0 Å². The van der Waals surface area contributed by atoms with Crippen molar-refractivity contribution in [2.24, 2.45) is 0 Å². The van der Waals surface area contributed by atoms with Crippen LogP contribution in [0.25, 0.3) is 0 Å². The second-order valence-corrected chi connectivity index (χ2v) is 6.27. The molecule has 0 bridgehead atoms. The summed E-state index contributed by atoms with van der Waals surface area (Å²) < 4.78 is 31.1. The van der Waals surface area contributed by atoms with Crippen LogP contribution in [0.15, 0.2) is 21.6 Å². The number of sulfonamides is 1. The molecule has 106 valence electrons. The SMILES string of the molecule is O=Cc1ccc(S(=O)(=O)NCCN2CCCCC2)o1. The third-order valence-corrected chi connectivity index (χ3v) is 4.49. The van der Waals surface area contributed by atoms with Crippen LogP contribution >= 0.6 is 0 Å². The van der Waals surface area contributed by atoms with Gasteiger partial charge in [-0.3, -0.25) is 4.79 Å². The topological polar surface area (TPSA) is 79.6 Å². The first-order valence-corrected chi connectivity index (χ1v) is 7.87. The van der Waals surface area contributed by atoms with Gasteiger partial charge in [0.25, 0.3) is 10.0 Å². The molecule has 0 atom stereocenters. The number of carbonyl (C=O) groups excluding carboxylic acids is 1. The van der Waals surface area contributed by atoms with Crippen LogP contribution in [0.1, 0.15) is 29.8 Å². The van der Waals surface area contributed by atoms with Crippen molar-refractivity contribution in [2.45, 2.75) is 24.4 Å². The van der Waals surface area contributed by atoms with Crippen molar-refractivity contribution in [1.82, 2.24) is 9.62 Å². The van der Waals surface area contributed by atoms with Crippen LogP contribution in [0.2, 0.25) is 0 Å². The van der Waals surface area contributed by atoms with E-state index in [1.54, 1.807) is 0 Å². The zero-order valence-corrected chi connectivity index (χ0v) is 11.5. The average molecular weight is 286 g/mol. The van der Waals surface area contributed by atoms with Gasteiger partial charge in [0.1, 0.15) is 0 Å². The molecule has 1 aliphatic rings. The molecule has 0 amide bonds. The highest BCUT2D eigenvalue weighted by atomic mass is 32.2.